The van der Waals surface area contributed by atoms with E-state index in [1.54, 1.807) is 23.5 Å². The minimum Gasteiger partial charge on any atom is -0.457 e. The van der Waals surface area contributed by atoms with Crippen molar-refractivity contribution in [1.29, 1.82) is 0 Å². The van der Waals surface area contributed by atoms with Crippen molar-refractivity contribution in [2.24, 2.45) is 0 Å². The van der Waals surface area contributed by atoms with Gasteiger partial charge in [0.25, 0.3) is 0 Å². The molecule has 2 aromatic carbocycles. The second-order valence-corrected chi connectivity index (χ2v) is 33.8. The summed E-state index contributed by atoms with van der Waals surface area (Å²) in [4.78, 5) is 19.2. The summed E-state index contributed by atoms with van der Waals surface area (Å²) in [7, 11) is -2.02. The highest BCUT2D eigenvalue weighted by Crippen LogP contribution is 2.36. The lowest BCUT2D eigenvalue weighted by Crippen LogP contribution is -2.18. The zero-order valence-electron chi connectivity index (χ0n) is 41.2. The topological polar surface area (TPSA) is 60.8 Å². The van der Waals surface area contributed by atoms with Crippen LogP contribution in [0.1, 0.15) is 153 Å². The number of hydrogen-bond donors (Lipinski definition) is 0. The van der Waals surface area contributed by atoms with Crippen LogP contribution in [0.25, 0.3) is 22.3 Å². The molecule has 0 saturated carbocycles. The number of rotatable bonds is 34. The largest absolute Gasteiger partial charge is 0.457 e. The Hall–Kier alpha value is -2.47. The molecule has 0 atom stereocenters. The van der Waals surface area contributed by atoms with E-state index in [0.29, 0.717) is 0 Å². The second kappa shape index (κ2) is 29.9. The van der Waals surface area contributed by atoms with Crippen molar-refractivity contribution >= 4 is 39.7 Å². The number of hydrogen-bond acceptors (Lipinski definition) is 7. The van der Waals surface area contributed by atoms with E-state index < -0.39 is 16.1 Å². The van der Waals surface area contributed by atoms with Crippen LogP contribution in [-0.4, -0.2) is 47.6 Å². The van der Waals surface area contributed by atoms with Gasteiger partial charge < -0.3 is 4.74 Å². The highest BCUT2D eigenvalue weighted by Gasteiger charge is 2.16. The van der Waals surface area contributed by atoms with Crippen molar-refractivity contribution in [2.45, 2.75) is 217 Å². The molecule has 0 bridgehead atoms. The van der Waals surface area contributed by atoms with Gasteiger partial charge in [0.15, 0.2) is 10.3 Å². The van der Waals surface area contributed by atoms with Crippen LogP contribution in [0, 0.1) is 0 Å². The molecule has 0 aliphatic heterocycles. The van der Waals surface area contributed by atoms with Gasteiger partial charge in [-0.2, -0.15) is 0 Å². The van der Waals surface area contributed by atoms with Gasteiger partial charge in [-0.1, -0.05) is 204 Å². The van der Waals surface area contributed by atoms with E-state index in [0.717, 1.165) is 81.3 Å². The average molecular weight is 928 g/mol. The van der Waals surface area contributed by atoms with Crippen molar-refractivity contribution in [3.63, 3.8) is 0 Å². The standard InChI is InChI=1S/C54H86N4OS2Si2/c1-9-11-13-15-19-25-35-60-53-55-41-49(42-56-53)45-31-33-51(47(39-45)29-23-17-21-27-37-62(3,4)5)59-52-34-32-46(40-48(52)30-24-18-22-28-38-63(6,7)8)50-43-57-54(58-44-50)61-36-26-20-16-14-12-10-2/h31-34,39-44H,9-30,35-38H2,1-8H3. The predicted molar refractivity (Wildman–Crippen MR) is 284 cm³/mol. The van der Waals surface area contributed by atoms with E-state index in [4.69, 9.17) is 24.7 Å². The Bertz CT molecular complexity index is 1690. The molecule has 0 amide bonds. The summed E-state index contributed by atoms with van der Waals surface area (Å²) in [6.07, 6.45) is 35.9. The number of benzene rings is 2. The number of ether oxygens (including phenoxy) is 1. The molecular formula is C54H86N4OS2Si2. The van der Waals surface area contributed by atoms with E-state index in [1.165, 1.54) is 139 Å². The first-order valence-corrected chi connectivity index (χ1v) is 34.7. The molecule has 5 nitrogen and oxygen atoms in total. The highest BCUT2D eigenvalue weighted by atomic mass is 32.2. The Morgan fingerprint density at radius 2 is 0.762 bits per heavy atom. The second-order valence-electron chi connectivity index (χ2n) is 20.4. The van der Waals surface area contributed by atoms with E-state index in [1.807, 2.05) is 24.8 Å². The number of aryl methyl sites for hydroxylation is 2. The Morgan fingerprint density at radius 3 is 1.14 bits per heavy atom. The molecule has 0 radical (unpaired) electrons. The van der Waals surface area contributed by atoms with E-state index in [-0.39, 0.29) is 0 Å². The van der Waals surface area contributed by atoms with Crippen LogP contribution in [0.3, 0.4) is 0 Å². The van der Waals surface area contributed by atoms with Crippen LogP contribution in [0.2, 0.25) is 51.4 Å². The lowest BCUT2D eigenvalue weighted by molar-refractivity contribution is 0.467. The molecule has 9 heteroatoms. The summed E-state index contributed by atoms with van der Waals surface area (Å²) in [5.41, 5.74) is 6.98. The molecule has 4 rings (SSSR count). The Balaban J connectivity index is 1.51. The fraction of sp³-hybridized carbons (Fsp3) is 0.630. The summed E-state index contributed by atoms with van der Waals surface area (Å²) in [6.45, 7) is 19.5. The van der Waals surface area contributed by atoms with Gasteiger partial charge in [-0.3, -0.25) is 0 Å². The predicted octanol–water partition coefficient (Wildman–Crippen LogP) is 18.2. The molecule has 0 aliphatic rings. The maximum atomic E-state index is 7.02. The fourth-order valence-corrected chi connectivity index (χ4v) is 12.2. The van der Waals surface area contributed by atoms with Crippen molar-refractivity contribution in [3.05, 3.63) is 72.3 Å². The zero-order chi connectivity index (χ0) is 45.2. The molecule has 4 aromatic rings. The molecule has 2 heterocycles. The summed E-state index contributed by atoms with van der Waals surface area (Å²) in [5, 5.41) is 1.76. The summed E-state index contributed by atoms with van der Waals surface area (Å²) < 4.78 is 7.02. The first-order valence-electron chi connectivity index (χ1n) is 25.3. The van der Waals surface area contributed by atoms with Gasteiger partial charge in [-0.15, -0.1) is 0 Å². The molecule has 0 saturated heterocycles. The summed E-state index contributed by atoms with van der Waals surface area (Å²) in [6, 6.07) is 16.3. The molecular weight excluding hydrogens is 841 g/mol. The third kappa shape index (κ3) is 22.5. The molecule has 2 aromatic heterocycles. The molecule has 0 N–H and O–H groups in total. The Labute approximate surface area is 396 Å². The Kier molecular flexibility index (Phi) is 25.3. The van der Waals surface area contributed by atoms with Crippen molar-refractivity contribution < 1.29 is 4.74 Å². The SMILES string of the molecule is CCCCCCCCSc1ncc(-c2ccc(Oc3ccc(-c4cnc(SCCCCCCCC)nc4)cc3CCCCCC[Si](C)(C)C)c(CCCCCC[Si](C)(C)C)c2)cn1. The van der Waals surface area contributed by atoms with Crippen molar-refractivity contribution in [3.8, 4) is 33.8 Å². The van der Waals surface area contributed by atoms with Crippen LogP contribution in [-0.2, 0) is 12.8 Å². The van der Waals surface area contributed by atoms with Gasteiger partial charge in [0, 0.05) is 63.6 Å². The van der Waals surface area contributed by atoms with Gasteiger partial charge in [0.05, 0.1) is 0 Å². The van der Waals surface area contributed by atoms with Gasteiger partial charge >= 0.3 is 0 Å². The van der Waals surface area contributed by atoms with Crippen molar-refractivity contribution in [2.75, 3.05) is 11.5 Å². The van der Waals surface area contributed by atoms with E-state index in [2.05, 4.69) is 89.5 Å². The van der Waals surface area contributed by atoms with Crippen LogP contribution in [0.15, 0.2) is 71.5 Å². The number of unbranched alkanes of at least 4 members (excludes halogenated alkanes) is 16. The van der Waals surface area contributed by atoms with E-state index in [9.17, 15) is 0 Å². The number of aromatic nitrogens is 4. The quantitative estimate of drug-likeness (QED) is 0.0200. The minimum absolute atomic E-state index is 0.878. The third-order valence-corrected chi connectivity index (χ3v) is 17.6. The molecule has 348 valence electrons. The van der Waals surface area contributed by atoms with E-state index >= 15 is 0 Å². The molecule has 0 fully saturated rings. The summed E-state index contributed by atoms with van der Waals surface area (Å²) in [5.74, 6) is 4.10. The van der Waals surface area contributed by atoms with Gasteiger partial charge in [-0.05, 0) is 85.0 Å². The normalized spacial score (nSPS) is 12.0. The minimum atomic E-state index is -1.01. The Morgan fingerprint density at radius 1 is 0.413 bits per heavy atom. The monoisotopic (exact) mass is 927 g/mol. The van der Waals surface area contributed by atoms with Gasteiger partial charge in [0.2, 0.25) is 0 Å². The lowest BCUT2D eigenvalue weighted by atomic mass is 9.99. The van der Waals surface area contributed by atoms with Crippen LogP contribution < -0.4 is 4.74 Å². The first kappa shape index (κ1) is 53.2. The molecule has 0 aliphatic carbocycles. The highest BCUT2D eigenvalue weighted by molar-refractivity contribution is 7.99. The van der Waals surface area contributed by atoms with Gasteiger partial charge in [0.1, 0.15) is 11.5 Å². The average Bonchev–Trinajstić information content (AvgIpc) is 3.26. The van der Waals surface area contributed by atoms with Crippen molar-refractivity contribution in [1.82, 2.24) is 19.9 Å². The molecule has 0 spiro atoms. The fourth-order valence-electron chi connectivity index (χ4n) is 8.05. The van der Waals surface area contributed by atoms with Gasteiger partial charge in [-0.25, -0.2) is 19.9 Å². The van der Waals surface area contributed by atoms with Crippen LogP contribution >= 0.6 is 23.5 Å². The molecule has 63 heavy (non-hydrogen) atoms. The summed E-state index contributed by atoms with van der Waals surface area (Å²) >= 11 is 3.57. The van der Waals surface area contributed by atoms with Crippen LogP contribution in [0.5, 0.6) is 11.5 Å². The maximum absolute atomic E-state index is 7.02. The maximum Gasteiger partial charge on any atom is 0.187 e. The number of nitrogens with zero attached hydrogens (tertiary/aromatic N) is 4. The smallest absolute Gasteiger partial charge is 0.187 e. The number of thioether (sulfide) groups is 2. The third-order valence-electron chi connectivity index (χ3n) is 12.0. The lowest BCUT2D eigenvalue weighted by Gasteiger charge is -2.18. The first-order chi connectivity index (χ1) is 30.4. The zero-order valence-corrected chi connectivity index (χ0v) is 44.8. The van der Waals surface area contributed by atoms with Crippen LogP contribution in [0.4, 0.5) is 0 Å². The molecule has 0 unspecified atom stereocenters.